The minimum atomic E-state index is 0.464. The summed E-state index contributed by atoms with van der Waals surface area (Å²) in [5, 5.41) is 9.16. The maximum absolute atomic E-state index is 6.25. The van der Waals surface area contributed by atoms with Crippen LogP contribution in [0.5, 0.6) is 0 Å². The molecule has 7 heteroatoms. The standard InChI is InChI=1S/C23H25N7/c24-19-3-1-2-18(12-19)16-4-6-17(7-5-16)21-20-22(25)27-14-28-23(20)30(29-21)13-15-8-10-26-11-9-15/h1-7,12,14-15,26H,8-11,13,24H2,(H2,25,27,28). The van der Waals surface area contributed by atoms with E-state index in [0.717, 1.165) is 71.6 Å². The van der Waals surface area contributed by atoms with E-state index in [2.05, 4.69) is 45.6 Å². The predicted octanol–water partition coefficient (Wildman–Crippen LogP) is 3.32. The summed E-state index contributed by atoms with van der Waals surface area (Å²) in [4.78, 5) is 8.73. The van der Waals surface area contributed by atoms with Crippen molar-refractivity contribution in [2.45, 2.75) is 19.4 Å². The van der Waals surface area contributed by atoms with E-state index in [-0.39, 0.29) is 0 Å². The second-order valence-corrected chi connectivity index (χ2v) is 7.88. The van der Waals surface area contributed by atoms with Gasteiger partial charge in [-0.05, 0) is 55.1 Å². The Morgan fingerprint density at radius 1 is 0.933 bits per heavy atom. The summed E-state index contributed by atoms with van der Waals surface area (Å²) in [6.07, 6.45) is 3.81. The van der Waals surface area contributed by atoms with E-state index in [9.17, 15) is 0 Å². The zero-order valence-corrected chi connectivity index (χ0v) is 16.8. The third-order valence-corrected chi connectivity index (χ3v) is 5.83. The zero-order valence-electron chi connectivity index (χ0n) is 16.8. The molecule has 5 rings (SSSR count). The average Bonchev–Trinajstić information content (AvgIpc) is 3.14. The van der Waals surface area contributed by atoms with Crippen LogP contribution in [0.25, 0.3) is 33.4 Å². The van der Waals surface area contributed by atoms with Crippen LogP contribution in [-0.2, 0) is 6.54 Å². The van der Waals surface area contributed by atoms with E-state index in [0.29, 0.717) is 11.7 Å². The van der Waals surface area contributed by atoms with Gasteiger partial charge in [-0.2, -0.15) is 5.10 Å². The summed E-state index contributed by atoms with van der Waals surface area (Å²) < 4.78 is 2.00. The van der Waals surface area contributed by atoms with Gasteiger partial charge in [0.25, 0.3) is 0 Å². The fourth-order valence-electron chi connectivity index (χ4n) is 4.21. The van der Waals surface area contributed by atoms with Crippen LogP contribution < -0.4 is 16.8 Å². The lowest BCUT2D eigenvalue weighted by atomic mass is 9.98. The molecule has 1 aliphatic heterocycles. The lowest BCUT2D eigenvalue weighted by Crippen LogP contribution is -2.30. The molecule has 0 saturated carbocycles. The first-order chi connectivity index (χ1) is 14.7. The molecule has 5 N–H and O–H groups in total. The predicted molar refractivity (Wildman–Crippen MR) is 121 cm³/mol. The number of aromatic nitrogens is 4. The number of anilines is 2. The maximum atomic E-state index is 6.25. The fraction of sp³-hybridized carbons (Fsp3) is 0.261. The number of nitrogens with zero attached hydrogens (tertiary/aromatic N) is 4. The molecule has 0 atom stereocenters. The van der Waals surface area contributed by atoms with Gasteiger partial charge < -0.3 is 16.8 Å². The molecule has 152 valence electrons. The molecule has 1 fully saturated rings. The molecule has 2 aromatic carbocycles. The molecule has 1 aliphatic rings. The molecule has 0 unspecified atom stereocenters. The van der Waals surface area contributed by atoms with Gasteiger partial charge in [0.05, 0.1) is 5.39 Å². The first kappa shape index (κ1) is 18.6. The molecule has 7 nitrogen and oxygen atoms in total. The molecule has 2 aromatic heterocycles. The number of hydrogen-bond donors (Lipinski definition) is 3. The minimum Gasteiger partial charge on any atom is -0.399 e. The van der Waals surface area contributed by atoms with Crippen molar-refractivity contribution in [3.05, 3.63) is 54.9 Å². The van der Waals surface area contributed by atoms with Crippen molar-refractivity contribution < 1.29 is 0 Å². The highest BCUT2D eigenvalue weighted by molar-refractivity contribution is 5.98. The fourth-order valence-corrected chi connectivity index (χ4v) is 4.21. The van der Waals surface area contributed by atoms with Crippen LogP contribution in [0.15, 0.2) is 54.9 Å². The highest BCUT2D eigenvalue weighted by Crippen LogP contribution is 2.32. The Balaban J connectivity index is 1.53. The van der Waals surface area contributed by atoms with Crippen molar-refractivity contribution in [3.8, 4) is 22.4 Å². The van der Waals surface area contributed by atoms with Crippen molar-refractivity contribution in [1.29, 1.82) is 0 Å². The molecular weight excluding hydrogens is 374 g/mol. The van der Waals surface area contributed by atoms with Crippen LogP contribution in [0.1, 0.15) is 12.8 Å². The van der Waals surface area contributed by atoms with Crippen LogP contribution in [-0.4, -0.2) is 32.8 Å². The van der Waals surface area contributed by atoms with Gasteiger partial charge in [-0.3, -0.25) is 0 Å². The van der Waals surface area contributed by atoms with Crippen molar-refractivity contribution in [1.82, 2.24) is 25.1 Å². The van der Waals surface area contributed by atoms with Crippen molar-refractivity contribution in [2.75, 3.05) is 24.6 Å². The van der Waals surface area contributed by atoms with E-state index in [1.54, 1.807) is 0 Å². The zero-order chi connectivity index (χ0) is 20.5. The van der Waals surface area contributed by atoms with Crippen molar-refractivity contribution in [3.63, 3.8) is 0 Å². The Labute approximate surface area is 175 Å². The molecule has 0 amide bonds. The molecular formula is C23H25N7. The Hall–Kier alpha value is -3.45. The number of rotatable bonds is 4. The lowest BCUT2D eigenvalue weighted by Gasteiger charge is -2.22. The van der Waals surface area contributed by atoms with Gasteiger partial charge in [0.1, 0.15) is 17.8 Å². The lowest BCUT2D eigenvalue weighted by molar-refractivity contribution is 0.325. The number of hydrogen-bond acceptors (Lipinski definition) is 6. The number of nitrogens with two attached hydrogens (primary N) is 2. The second-order valence-electron chi connectivity index (χ2n) is 7.88. The Bertz CT molecular complexity index is 1170. The molecule has 3 heterocycles. The number of fused-ring (bicyclic) bond motifs is 1. The monoisotopic (exact) mass is 399 g/mol. The van der Waals surface area contributed by atoms with Gasteiger partial charge in [-0.25, -0.2) is 14.6 Å². The van der Waals surface area contributed by atoms with Gasteiger partial charge in [-0.1, -0.05) is 36.4 Å². The summed E-state index contributed by atoms with van der Waals surface area (Å²) in [6, 6.07) is 16.2. The topological polar surface area (TPSA) is 108 Å². The first-order valence-corrected chi connectivity index (χ1v) is 10.3. The average molecular weight is 400 g/mol. The van der Waals surface area contributed by atoms with Crippen LogP contribution in [0.3, 0.4) is 0 Å². The van der Waals surface area contributed by atoms with Crippen LogP contribution in [0.2, 0.25) is 0 Å². The number of nitrogens with one attached hydrogen (secondary N) is 1. The van der Waals surface area contributed by atoms with Crippen molar-refractivity contribution >= 4 is 22.5 Å². The Morgan fingerprint density at radius 2 is 1.70 bits per heavy atom. The summed E-state index contributed by atoms with van der Waals surface area (Å²) >= 11 is 0. The quantitative estimate of drug-likeness (QED) is 0.454. The van der Waals surface area contributed by atoms with E-state index in [4.69, 9.17) is 16.6 Å². The van der Waals surface area contributed by atoms with Gasteiger partial charge in [0, 0.05) is 17.8 Å². The smallest absolute Gasteiger partial charge is 0.163 e. The van der Waals surface area contributed by atoms with Crippen LogP contribution in [0.4, 0.5) is 11.5 Å². The van der Waals surface area contributed by atoms with Gasteiger partial charge >= 0.3 is 0 Å². The van der Waals surface area contributed by atoms with Gasteiger partial charge in [0.15, 0.2) is 5.65 Å². The highest BCUT2D eigenvalue weighted by Gasteiger charge is 2.20. The molecule has 1 saturated heterocycles. The third-order valence-electron chi connectivity index (χ3n) is 5.83. The molecule has 0 spiro atoms. The van der Waals surface area contributed by atoms with E-state index in [1.165, 1.54) is 6.33 Å². The number of nitrogen functional groups attached to an aromatic ring is 2. The second kappa shape index (κ2) is 7.76. The maximum Gasteiger partial charge on any atom is 0.163 e. The van der Waals surface area contributed by atoms with Gasteiger partial charge in [0.2, 0.25) is 0 Å². The Kier molecular flexibility index (Phi) is 4.80. The summed E-state index contributed by atoms with van der Waals surface area (Å²) in [5.74, 6) is 1.05. The molecule has 0 bridgehead atoms. The van der Waals surface area contributed by atoms with E-state index in [1.807, 2.05) is 22.9 Å². The first-order valence-electron chi connectivity index (χ1n) is 10.3. The number of piperidine rings is 1. The number of benzene rings is 2. The van der Waals surface area contributed by atoms with Crippen LogP contribution in [0, 0.1) is 5.92 Å². The van der Waals surface area contributed by atoms with Crippen LogP contribution >= 0.6 is 0 Å². The summed E-state index contributed by atoms with van der Waals surface area (Å²) in [7, 11) is 0. The third kappa shape index (κ3) is 3.48. The molecule has 4 aromatic rings. The molecule has 0 aliphatic carbocycles. The molecule has 30 heavy (non-hydrogen) atoms. The van der Waals surface area contributed by atoms with Gasteiger partial charge in [-0.15, -0.1) is 0 Å². The van der Waals surface area contributed by atoms with E-state index < -0.39 is 0 Å². The summed E-state index contributed by atoms with van der Waals surface area (Å²) in [6.45, 7) is 2.95. The largest absolute Gasteiger partial charge is 0.399 e. The van der Waals surface area contributed by atoms with E-state index >= 15 is 0 Å². The highest BCUT2D eigenvalue weighted by atomic mass is 15.3. The molecule has 0 radical (unpaired) electrons. The normalized spacial score (nSPS) is 14.9. The Morgan fingerprint density at radius 3 is 2.47 bits per heavy atom. The summed E-state index contributed by atoms with van der Waals surface area (Å²) in [5.41, 5.74) is 17.8. The SMILES string of the molecule is Nc1cccc(-c2ccc(-c3nn(CC4CCNCC4)c4ncnc(N)c34)cc2)c1. The minimum absolute atomic E-state index is 0.464. The van der Waals surface area contributed by atoms with Crippen molar-refractivity contribution in [2.24, 2.45) is 5.92 Å².